The fraction of sp³-hybridized carbons (Fsp3) is 0.500. The molecule has 0 amide bonds. The third-order valence-corrected chi connectivity index (χ3v) is 3.20. The molecule has 0 radical (unpaired) electrons. The van der Waals surface area contributed by atoms with Gasteiger partial charge in [-0.1, -0.05) is 25.3 Å². The van der Waals surface area contributed by atoms with Gasteiger partial charge in [-0.05, 0) is 25.0 Å². The largest absolute Gasteiger partial charge is 0.497 e. The number of carbonyl (C=O) groups excluding carboxylic acids is 1. The lowest BCUT2D eigenvalue weighted by Crippen LogP contribution is -2.22. The first-order valence-corrected chi connectivity index (χ1v) is 6.15. The zero-order valence-electron chi connectivity index (χ0n) is 10.1. The summed E-state index contributed by atoms with van der Waals surface area (Å²) in [6.45, 7) is 0. The van der Waals surface area contributed by atoms with E-state index >= 15 is 0 Å². The first-order valence-electron chi connectivity index (χ1n) is 6.15. The molecule has 3 nitrogen and oxygen atoms in total. The molecule has 0 aliphatic heterocycles. The van der Waals surface area contributed by atoms with Gasteiger partial charge in [-0.2, -0.15) is 0 Å². The minimum atomic E-state index is -0.0991. The molecule has 0 spiro atoms. The third-order valence-electron chi connectivity index (χ3n) is 3.20. The van der Waals surface area contributed by atoms with Crippen LogP contribution in [-0.4, -0.2) is 13.1 Å². The van der Waals surface area contributed by atoms with E-state index < -0.39 is 0 Å². The van der Waals surface area contributed by atoms with Crippen LogP contribution in [0.4, 0.5) is 0 Å². The summed E-state index contributed by atoms with van der Waals surface area (Å²) in [5, 5.41) is 0. The highest BCUT2D eigenvalue weighted by Gasteiger charge is 2.22. The second kappa shape index (κ2) is 5.71. The number of hydrogen-bond donors (Lipinski definition) is 0. The van der Waals surface area contributed by atoms with E-state index in [2.05, 4.69) is 0 Å². The van der Waals surface area contributed by atoms with Crippen LogP contribution in [0.15, 0.2) is 24.3 Å². The molecule has 0 aromatic heterocycles. The highest BCUT2D eigenvalue weighted by atomic mass is 16.5. The fourth-order valence-corrected chi connectivity index (χ4v) is 2.20. The van der Waals surface area contributed by atoms with Crippen LogP contribution < -0.4 is 9.47 Å². The van der Waals surface area contributed by atoms with Crippen LogP contribution in [0.5, 0.6) is 11.5 Å². The standard InChI is InChI=1S/C14H18O3/c1-16-12-8-5-9-13(10-12)17-14(15)11-6-3-2-4-7-11/h5,8-11H,2-4,6-7H2,1H3. The van der Waals surface area contributed by atoms with Crippen molar-refractivity contribution in [1.29, 1.82) is 0 Å². The maximum Gasteiger partial charge on any atom is 0.314 e. The highest BCUT2D eigenvalue weighted by Crippen LogP contribution is 2.26. The molecule has 0 N–H and O–H groups in total. The van der Waals surface area contributed by atoms with Gasteiger partial charge in [0.15, 0.2) is 0 Å². The van der Waals surface area contributed by atoms with Gasteiger partial charge in [0, 0.05) is 6.07 Å². The summed E-state index contributed by atoms with van der Waals surface area (Å²) in [6.07, 6.45) is 5.43. The van der Waals surface area contributed by atoms with Gasteiger partial charge >= 0.3 is 5.97 Å². The van der Waals surface area contributed by atoms with Crippen LogP contribution in [0, 0.1) is 5.92 Å². The minimum absolute atomic E-state index is 0.0787. The van der Waals surface area contributed by atoms with Gasteiger partial charge in [0.05, 0.1) is 13.0 Å². The van der Waals surface area contributed by atoms with Crippen LogP contribution >= 0.6 is 0 Å². The molecule has 1 saturated carbocycles. The number of benzene rings is 1. The Morgan fingerprint density at radius 2 is 1.88 bits per heavy atom. The van der Waals surface area contributed by atoms with Gasteiger partial charge < -0.3 is 9.47 Å². The zero-order chi connectivity index (χ0) is 12.1. The van der Waals surface area contributed by atoms with Crippen LogP contribution in [0.2, 0.25) is 0 Å². The molecule has 1 fully saturated rings. The molecule has 92 valence electrons. The fourth-order valence-electron chi connectivity index (χ4n) is 2.20. The van der Waals surface area contributed by atoms with Gasteiger partial charge in [0.25, 0.3) is 0 Å². The van der Waals surface area contributed by atoms with E-state index in [1.54, 1.807) is 19.2 Å². The number of hydrogen-bond acceptors (Lipinski definition) is 3. The van der Waals surface area contributed by atoms with Crippen LogP contribution in [-0.2, 0) is 4.79 Å². The zero-order valence-corrected chi connectivity index (χ0v) is 10.1. The highest BCUT2D eigenvalue weighted by molar-refractivity contribution is 5.75. The Balaban J connectivity index is 1.96. The smallest absolute Gasteiger partial charge is 0.314 e. The second-order valence-electron chi connectivity index (χ2n) is 4.44. The molecule has 0 unspecified atom stereocenters. The topological polar surface area (TPSA) is 35.5 Å². The Labute approximate surface area is 102 Å². The van der Waals surface area contributed by atoms with Crippen molar-refractivity contribution < 1.29 is 14.3 Å². The quantitative estimate of drug-likeness (QED) is 0.595. The van der Waals surface area contributed by atoms with E-state index in [-0.39, 0.29) is 11.9 Å². The normalized spacial score (nSPS) is 16.5. The second-order valence-corrected chi connectivity index (χ2v) is 4.44. The van der Waals surface area contributed by atoms with E-state index in [0.717, 1.165) is 25.7 Å². The average molecular weight is 234 g/mol. The van der Waals surface area contributed by atoms with E-state index in [0.29, 0.717) is 11.5 Å². The molecule has 17 heavy (non-hydrogen) atoms. The lowest BCUT2D eigenvalue weighted by atomic mass is 9.89. The number of rotatable bonds is 3. The van der Waals surface area contributed by atoms with Crippen molar-refractivity contribution in [3.05, 3.63) is 24.3 Å². The molecule has 1 aromatic rings. The maximum absolute atomic E-state index is 11.9. The summed E-state index contributed by atoms with van der Waals surface area (Å²) in [7, 11) is 1.60. The number of carbonyl (C=O) groups is 1. The molecule has 0 heterocycles. The third kappa shape index (κ3) is 3.22. The predicted molar refractivity (Wildman–Crippen MR) is 65.2 cm³/mol. The summed E-state index contributed by atoms with van der Waals surface area (Å²) in [5.41, 5.74) is 0. The van der Waals surface area contributed by atoms with Gasteiger partial charge in [-0.25, -0.2) is 0 Å². The van der Waals surface area contributed by atoms with E-state index in [1.165, 1.54) is 6.42 Å². The molecular formula is C14H18O3. The molecule has 2 rings (SSSR count). The summed E-state index contributed by atoms with van der Waals surface area (Å²) in [6, 6.07) is 7.17. The first kappa shape index (κ1) is 12.0. The Kier molecular flexibility index (Phi) is 4.02. The Morgan fingerprint density at radius 3 is 2.59 bits per heavy atom. The van der Waals surface area contributed by atoms with Crippen molar-refractivity contribution in [2.75, 3.05) is 7.11 Å². The van der Waals surface area contributed by atoms with Crippen LogP contribution in [0.25, 0.3) is 0 Å². The molecule has 0 atom stereocenters. The maximum atomic E-state index is 11.9. The van der Waals surface area contributed by atoms with Gasteiger partial charge in [0.1, 0.15) is 11.5 Å². The Morgan fingerprint density at radius 1 is 1.18 bits per heavy atom. The Hall–Kier alpha value is -1.51. The van der Waals surface area contributed by atoms with E-state index in [1.807, 2.05) is 12.1 Å². The van der Waals surface area contributed by atoms with Gasteiger partial charge in [-0.3, -0.25) is 4.79 Å². The monoisotopic (exact) mass is 234 g/mol. The van der Waals surface area contributed by atoms with Crippen molar-refractivity contribution >= 4 is 5.97 Å². The van der Waals surface area contributed by atoms with Gasteiger partial charge in [0.2, 0.25) is 0 Å². The summed E-state index contributed by atoms with van der Waals surface area (Å²) >= 11 is 0. The van der Waals surface area contributed by atoms with Crippen molar-refractivity contribution in [2.45, 2.75) is 32.1 Å². The van der Waals surface area contributed by atoms with Crippen LogP contribution in [0.1, 0.15) is 32.1 Å². The average Bonchev–Trinajstić information content (AvgIpc) is 2.40. The molecule has 0 saturated heterocycles. The molecule has 0 bridgehead atoms. The minimum Gasteiger partial charge on any atom is -0.497 e. The molecule has 1 aliphatic rings. The molecule has 1 aromatic carbocycles. The van der Waals surface area contributed by atoms with Crippen molar-refractivity contribution in [2.24, 2.45) is 5.92 Å². The van der Waals surface area contributed by atoms with E-state index in [9.17, 15) is 4.79 Å². The lowest BCUT2D eigenvalue weighted by Gasteiger charge is -2.19. The van der Waals surface area contributed by atoms with Crippen molar-refractivity contribution in [3.8, 4) is 11.5 Å². The Bertz CT molecular complexity index is 381. The van der Waals surface area contributed by atoms with E-state index in [4.69, 9.17) is 9.47 Å². The summed E-state index contributed by atoms with van der Waals surface area (Å²) in [5.74, 6) is 1.26. The SMILES string of the molecule is COc1cccc(OC(=O)C2CCCCC2)c1. The van der Waals surface area contributed by atoms with Crippen LogP contribution in [0.3, 0.4) is 0 Å². The number of ether oxygens (including phenoxy) is 2. The van der Waals surface area contributed by atoms with Crippen molar-refractivity contribution in [1.82, 2.24) is 0 Å². The molecule has 1 aliphatic carbocycles. The summed E-state index contributed by atoms with van der Waals surface area (Å²) < 4.78 is 10.5. The predicted octanol–water partition coefficient (Wildman–Crippen LogP) is 3.18. The summed E-state index contributed by atoms with van der Waals surface area (Å²) in [4.78, 5) is 11.9. The number of esters is 1. The molecular weight excluding hydrogens is 216 g/mol. The first-order chi connectivity index (χ1) is 8.29. The van der Waals surface area contributed by atoms with Crippen molar-refractivity contribution in [3.63, 3.8) is 0 Å². The lowest BCUT2D eigenvalue weighted by molar-refractivity contribution is -0.139. The van der Waals surface area contributed by atoms with Gasteiger partial charge in [-0.15, -0.1) is 0 Å². The molecule has 3 heteroatoms. The number of methoxy groups -OCH3 is 1.